The molecule has 0 amide bonds. The third kappa shape index (κ3) is 4.97. The lowest BCUT2D eigenvalue weighted by molar-refractivity contribution is 0.0862. The molecule has 1 saturated carbocycles. The first-order valence-corrected chi connectivity index (χ1v) is 7.33. The lowest BCUT2D eigenvalue weighted by Crippen LogP contribution is -2.52. The molecule has 17 heavy (non-hydrogen) atoms. The van der Waals surface area contributed by atoms with Crippen LogP contribution in [0.4, 0.5) is 0 Å². The van der Waals surface area contributed by atoms with Gasteiger partial charge in [-0.05, 0) is 43.6 Å². The maximum absolute atomic E-state index is 9.74. The second-order valence-electron chi connectivity index (χ2n) is 6.81. The molecule has 0 aromatic carbocycles. The molecule has 1 rings (SSSR count). The molecular weight excluding hydrogens is 210 g/mol. The highest BCUT2D eigenvalue weighted by Crippen LogP contribution is 2.35. The van der Waals surface area contributed by atoms with Gasteiger partial charge in [-0.3, -0.25) is 0 Å². The SMILES string of the molecule is CC(C)CNC1(CO)CCCC(CC(C)C)C1. The van der Waals surface area contributed by atoms with Gasteiger partial charge in [-0.2, -0.15) is 0 Å². The van der Waals surface area contributed by atoms with E-state index in [4.69, 9.17) is 0 Å². The average Bonchev–Trinajstić information content (AvgIpc) is 2.26. The number of rotatable bonds is 6. The number of hydrogen-bond donors (Lipinski definition) is 2. The quantitative estimate of drug-likeness (QED) is 0.748. The number of aliphatic hydroxyl groups excluding tert-OH is 1. The van der Waals surface area contributed by atoms with E-state index >= 15 is 0 Å². The van der Waals surface area contributed by atoms with Gasteiger partial charge in [0.1, 0.15) is 0 Å². The first-order valence-electron chi connectivity index (χ1n) is 7.33. The highest BCUT2D eigenvalue weighted by molar-refractivity contribution is 4.93. The second-order valence-corrected chi connectivity index (χ2v) is 6.81. The molecule has 1 aliphatic rings. The zero-order chi connectivity index (χ0) is 12.9. The molecular formula is C15H31NO. The molecule has 0 bridgehead atoms. The largest absolute Gasteiger partial charge is 0.394 e. The fourth-order valence-corrected chi connectivity index (χ4v) is 3.13. The Morgan fingerprint density at radius 3 is 2.47 bits per heavy atom. The Balaban J connectivity index is 2.52. The van der Waals surface area contributed by atoms with Crippen molar-refractivity contribution < 1.29 is 5.11 Å². The van der Waals surface area contributed by atoms with E-state index in [0.717, 1.165) is 31.2 Å². The molecule has 2 N–H and O–H groups in total. The minimum absolute atomic E-state index is 0.0159. The lowest BCUT2D eigenvalue weighted by Gasteiger charge is -2.41. The summed E-state index contributed by atoms with van der Waals surface area (Å²) in [6.45, 7) is 10.4. The van der Waals surface area contributed by atoms with Crippen molar-refractivity contribution in [1.29, 1.82) is 0 Å². The molecule has 0 aromatic heterocycles. The zero-order valence-corrected chi connectivity index (χ0v) is 12.1. The molecule has 1 aliphatic carbocycles. The fraction of sp³-hybridized carbons (Fsp3) is 1.00. The third-order valence-corrected chi connectivity index (χ3v) is 3.94. The maximum atomic E-state index is 9.74. The van der Waals surface area contributed by atoms with Crippen molar-refractivity contribution in [1.82, 2.24) is 5.32 Å². The summed E-state index contributed by atoms with van der Waals surface area (Å²) in [6, 6.07) is 0. The third-order valence-electron chi connectivity index (χ3n) is 3.94. The summed E-state index contributed by atoms with van der Waals surface area (Å²) in [4.78, 5) is 0. The highest BCUT2D eigenvalue weighted by atomic mass is 16.3. The molecule has 0 aromatic rings. The zero-order valence-electron chi connectivity index (χ0n) is 12.1. The number of nitrogens with one attached hydrogen (secondary N) is 1. The van der Waals surface area contributed by atoms with Crippen LogP contribution < -0.4 is 5.32 Å². The highest BCUT2D eigenvalue weighted by Gasteiger charge is 2.35. The smallest absolute Gasteiger partial charge is 0.0613 e. The van der Waals surface area contributed by atoms with Crippen LogP contribution in [-0.4, -0.2) is 23.8 Å². The molecule has 2 atom stereocenters. The van der Waals surface area contributed by atoms with E-state index in [2.05, 4.69) is 33.0 Å². The van der Waals surface area contributed by atoms with Crippen molar-refractivity contribution in [2.24, 2.45) is 17.8 Å². The summed E-state index contributed by atoms with van der Waals surface area (Å²) in [5.74, 6) is 2.24. The summed E-state index contributed by atoms with van der Waals surface area (Å²) >= 11 is 0. The van der Waals surface area contributed by atoms with Gasteiger partial charge in [-0.1, -0.05) is 40.5 Å². The van der Waals surface area contributed by atoms with E-state index in [1.165, 1.54) is 19.3 Å². The van der Waals surface area contributed by atoms with E-state index in [9.17, 15) is 5.11 Å². The topological polar surface area (TPSA) is 32.3 Å². The van der Waals surface area contributed by atoms with E-state index in [-0.39, 0.29) is 5.54 Å². The van der Waals surface area contributed by atoms with Crippen LogP contribution in [0.3, 0.4) is 0 Å². The summed E-state index contributed by atoms with van der Waals surface area (Å²) < 4.78 is 0. The molecule has 0 spiro atoms. The Morgan fingerprint density at radius 1 is 1.24 bits per heavy atom. The first-order chi connectivity index (χ1) is 7.97. The molecule has 102 valence electrons. The van der Waals surface area contributed by atoms with Gasteiger partial charge in [0.05, 0.1) is 6.61 Å². The van der Waals surface area contributed by atoms with Gasteiger partial charge < -0.3 is 10.4 Å². The van der Waals surface area contributed by atoms with Crippen LogP contribution in [-0.2, 0) is 0 Å². The molecule has 2 unspecified atom stereocenters. The second kappa shape index (κ2) is 6.75. The number of aliphatic hydroxyl groups is 1. The lowest BCUT2D eigenvalue weighted by atomic mass is 9.73. The molecule has 0 aliphatic heterocycles. The molecule has 2 nitrogen and oxygen atoms in total. The van der Waals surface area contributed by atoms with Crippen LogP contribution in [0, 0.1) is 17.8 Å². The van der Waals surface area contributed by atoms with Crippen LogP contribution >= 0.6 is 0 Å². The van der Waals surface area contributed by atoms with E-state index < -0.39 is 0 Å². The van der Waals surface area contributed by atoms with E-state index in [1.807, 2.05) is 0 Å². The Morgan fingerprint density at radius 2 is 1.94 bits per heavy atom. The van der Waals surface area contributed by atoms with Crippen LogP contribution in [0.2, 0.25) is 0 Å². The monoisotopic (exact) mass is 241 g/mol. The molecule has 1 fully saturated rings. The maximum Gasteiger partial charge on any atom is 0.0613 e. The summed E-state index contributed by atoms with van der Waals surface area (Å²) in [5, 5.41) is 13.4. The van der Waals surface area contributed by atoms with Crippen LogP contribution in [0.1, 0.15) is 59.8 Å². The Hall–Kier alpha value is -0.0800. The minimum atomic E-state index is 0.0159. The van der Waals surface area contributed by atoms with Gasteiger partial charge in [-0.25, -0.2) is 0 Å². The van der Waals surface area contributed by atoms with Crippen LogP contribution in [0.25, 0.3) is 0 Å². The van der Waals surface area contributed by atoms with Crippen LogP contribution in [0.15, 0.2) is 0 Å². The van der Waals surface area contributed by atoms with E-state index in [1.54, 1.807) is 0 Å². The van der Waals surface area contributed by atoms with Gasteiger partial charge >= 0.3 is 0 Å². The Bertz CT molecular complexity index is 215. The molecule has 0 saturated heterocycles. The summed E-state index contributed by atoms with van der Waals surface area (Å²) in [6.07, 6.45) is 6.23. The minimum Gasteiger partial charge on any atom is -0.394 e. The van der Waals surface area contributed by atoms with E-state index in [0.29, 0.717) is 12.5 Å². The van der Waals surface area contributed by atoms with Crippen molar-refractivity contribution in [2.45, 2.75) is 65.3 Å². The normalized spacial score (nSPS) is 30.2. The van der Waals surface area contributed by atoms with Crippen molar-refractivity contribution in [3.8, 4) is 0 Å². The van der Waals surface area contributed by atoms with Crippen molar-refractivity contribution in [2.75, 3.05) is 13.2 Å². The molecule has 2 heteroatoms. The van der Waals surface area contributed by atoms with Crippen molar-refractivity contribution >= 4 is 0 Å². The first kappa shape index (κ1) is 15.0. The van der Waals surface area contributed by atoms with Gasteiger partial charge in [0.2, 0.25) is 0 Å². The van der Waals surface area contributed by atoms with Gasteiger partial charge in [-0.15, -0.1) is 0 Å². The molecule has 0 heterocycles. The van der Waals surface area contributed by atoms with Gasteiger partial charge in [0.15, 0.2) is 0 Å². The summed E-state index contributed by atoms with van der Waals surface area (Å²) in [7, 11) is 0. The molecule has 0 radical (unpaired) electrons. The fourth-order valence-electron chi connectivity index (χ4n) is 3.13. The number of hydrogen-bond acceptors (Lipinski definition) is 2. The summed E-state index contributed by atoms with van der Waals surface area (Å²) in [5.41, 5.74) is 0.0159. The van der Waals surface area contributed by atoms with Gasteiger partial charge in [0, 0.05) is 5.54 Å². The Labute approximate surface area is 107 Å². The Kier molecular flexibility index (Phi) is 5.94. The predicted molar refractivity (Wildman–Crippen MR) is 74.1 cm³/mol. The van der Waals surface area contributed by atoms with Gasteiger partial charge in [0.25, 0.3) is 0 Å². The predicted octanol–water partition coefficient (Wildman–Crippen LogP) is 3.20. The standard InChI is InChI=1S/C15H31NO/c1-12(2)8-14-6-5-7-15(9-14,11-17)16-10-13(3)4/h12-14,16-17H,5-11H2,1-4H3. The van der Waals surface area contributed by atoms with Crippen LogP contribution in [0.5, 0.6) is 0 Å². The van der Waals surface area contributed by atoms with Crippen molar-refractivity contribution in [3.63, 3.8) is 0 Å². The van der Waals surface area contributed by atoms with Crippen molar-refractivity contribution in [3.05, 3.63) is 0 Å². The average molecular weight is 241 g/mol.